The Labute approximate surface area is 170 Å². The highest BCUT2D eigenvalue weighted by Crippen LogP contribution is 2.49. The zero-order valence-electron chi connectivity index (χ0n) is 15.9. The lowest BCUT2D eigenvalue weighted by molar-refractivity contribution is -0.122. The van der Waals surface area contributed by atoms with Crippen LogP contribution < -0.4 is 5.32 Å². The van der Waals surface area contributed by atoms with E-state index in [4.69, 9.17) is 11.6 Å². The Hall–Kier alpha value is -2.33. The average Bonchev–Trinajstić information content (AvgIpc) is 3.53. The molecule has 4 nitrogen and oxygen atoms in total. The average molecular weight is 397 g/mol. The Bertz CT molecular complexity index is 859. The van der Waals surface area contributed by atoms with Gasteiger partial charge in [-0.3, -0.25) is 9.59 Å². The molecule has 1 aliphatic heterocycles. The highest BCUT2D eigenvalue weighted by molar-refractivity contribution is 6.31. The lowest BCUT2D eigenvalue weighted by Gasteiger charge is -2.26. The predicted molar refractivity (Wildman–Crippen MR) is 110 cm³/mol. The van der Waals surface area contributed by atoms with Crippen LogP contribution in [0.4, 0.5) is 0 Å². The summed E-state index contributed by atoms with van der Waals surface area (Å²) >= 11 is 6.24. The van der Waals surface area contributed by atoms with Crippen LogP contribution in [0.3, 0.4) is 0 Å². The van der Waals surface area contributed by atoms with Gasteiger partial charge in [0.15, 0.2) is 0 Å². The first kappa shape index (κ1) is 19.0. The summed E-state index contributed by atoms with van der Waals surface area (Å²) in [7, 11) is 0. The number of hydrogen-bond acceptors (Lipinski definition) is 2. The van der Waals surface area contributed by atoms with Crippen LogP contribution in [0.2, 0.25) is 5.02 Å². The zero-order chi connectivity index (χ0) is 19.5. The predicted octanol–water partition coefficient (Wildman–Crippen LogP) is 4.39. The smallest absolute Gasteiger partial charge is 0.253 e. The number of piperidine rings is 1. The van der Waals surface area contributed by atoms with Crippen LogP contribution >= 0.6 is 11.6 Å². The first-order valence-electron chi connectivity index (χ1n) is 10.0. The quantitative estimate of drug-likeness (QED) is 0.815. The van der Waals surface area contributed by atoms with E-state index in [2.05, 4.69) is 5.32 Å². The number of nitrogens with zero attached hydrogens (tertiary/aromatic N) is 1. The second-order valence-corrected chi connectivity index (χ2v) is 8.14. The summed E-state index contributed by atoms with van der Waals surface area (Å²) in [6.07, 6.45) is 4.23. The summed E-state index contributed by atoms with van der Waals surface area (Å²) in [5.41, 5.74) is 2.78. The number of benzene rings is 2. The summed E-state index contributed by atoms with van der Waals surface area (Å²) < 4.78 is 0. The van der Waals surface area contributed by atoms with Gasteiger partial charge in [0.1, 0.15) is 0 Å². The molecule has 1 N–H and O–H groups in total. The van der Waals surface area contributed by atoms with Gasteiger partial charge >= 0.3 is 0 Å². The fraction of sp³-hybridized carbons (Fsp3) is 0.391. The number of rotatable bonds is 5. The summed E-state index contributed by atoms with van der Waals surface area (Å²) in [6, 6.07) is 15.3. The molecule has 2 unspecified atom stereocenters. The third kappa shape index (κ3) is 4.22. The van der Waals surface area contributed by atoms with E-state index in [0.29, 0.717) is 6.54 Å². The molecule has 5 heteroatoms. The van der Waals surface area contributed by atoms with Gasteiger partial charge in [-0.25, -0.2) is 0 Å². The van der Waals surface area contributed by atoms with E-state index in [1.54, 1.807) is 0 Å². The molecule has 4 rings (SSSR count). The van der Waals surface area contributed by atoms with E-state index in [1.165, 1.54) is 6.42 Å². The monoisotopic (exact) mass is 396 g/mol. The molecule has 1 saturated heterocycles. The summed E-state index contributed by atoms with van der Waals surface area (Å²) in [4.78, 5) is 26.9. The lowest BCUT2D eigenvalue weighted by atomic mass is 10.1. The summed E-state index contributed by atoms with van der Waals surface area (Å²) in [6.45, 7) is 2.18. The van der Waals surface area contributed by atoms with E-state index < -0.39 is 0 Å². The Morgan fingerprint density at radius 2 is 1.71 bits per heavy atom. The van der Waals surface area contributed by atoms with Crippen LogP contribution in [0, 0.1) is 5.92 Å². The van der Waals surface area contributed by atoms with Crippen molar-refractivity contribution in [3.63, 3.8) is 0 Å². The van der Waals surface area contributed by atoms with Crippen molar-refractivity contribution in [1.82, 2.24) is 10.2 Å². The van der Waals surface area contributed by atoms with Gasteiger partial charge in [-0.15, -0.1) is 0 Å². The summed E-state index contributed by atoms with van der Waals surface area (Å²) in [5.74, 6) is 0.396. The van der Waals surface area contributed by atoms with Crippen molar-refractivity contribution in [2.75, 3.05) is 13.1 Å². The van der Waals surface area contributed by atoms with E-state index in [-0.39, 0.29) is 23.7 Å². The van der Waals surface area contributed by atoms with Crippen LogP contribution in [0.25, 0.3) is 0 Å². The molecule has 146 valence electrons. The molecular weight excluding hydrogens is 372 g/mol. The Morgan fingerprint density at radius 3 is 2.43 bits per heavy atom. The highest BCUT2D eigenvalue weighted by Gasteiger charge is 2.44. The molecule has 2 fully saturated rings. The third-order valence-electron chi connectivity index (χ3n) is 5.74. The number of carbonyl (C=O) groups is 2. The fourth-order valence-electron chi connectivity index (χ4n) is 3.97. The number of halogens is 1. The van der Waals surface area contributed by atoms with E-state index in [9.17, 15) is 9.59 Å². The standard InChI is InChI=1S/C23H25ClN2O2/c24-21-7-3-2-6-18(21)19-14-20(19)22(27)25-15-16-8-10-17(11-9-16)23(28)26-12-4-1-5-13-26/h2-3,6-11,19-20H,1,4-5,12-15H2,(H,25,27). The van der Waals surface area contributed by atoms with Gasteiger partial charge in [-0.2, -0.15) is 0 Å². The van der Waals surface area contributed by atoms with Gasteiger partial charge in [0.05, 0.1) is 0 Å². The van der Waals surface area contributed by atoms with Gasteiger partial charge in [-0.05, 0) is 60.9 Å². The SMILES string of the molecule is O=C(NCc1ccc(C(=O)N2CCCCC2)cc1)C1CC1c1ccccc1Cl. The van der Waals surface area contributed by atoms with Crippen LogP contribution in [0.15, 0.2) is 48.5 Å². The van der Waals surface area contributed by atoms with E-state index in [1.807, 2.05) is 53.4 Å². The van der Waals surface area contributed by atoms with Gasteiger partial charge < -0.3 is 10.2 Å². The molecule has 1 aliphatic carbocycles. The molecule has 0 spiro atoms. The maximum absolute atomic E-state index is 12.5. The van der Waals surface area contributed by atoms with Crippen molar-refractivity contribution < 1.29 is 9.59 Å². The minimum Gasteiger partial charge on any atom is -0.352 e. The number of likely N-dealkylation sites (tertiary alicyclic amines) is 1. The fourth-order valence-corrected chi connectivity index (χ4v) is 4.25. The van der Waals surface area contributed by atoms with Gasteiger partial charge in [0.25, 0.3) is 5.91 Å². The molecule has 2 atom stereocenters. The number of amides is 2. The molecule has 2 aliphatic rings. The number of carbonyl (C=O) groups excluding carboxylic acids is 2. The maximum Gasteiger partial charge on any atom is 0.253 e. The van der Waals surface area contributed by atoms with Gasteiger partial charge in [0, 0.05) is 36.1 Å². The third-order valence-corrected chi connectivity index (χ3v) is 6.09. The second kappa shape index (κ2) is 8.36. The van der Waals surface area contributed by atoms with Crippen molar-refractivity contribution >= 4 is 23.4 Å². The van der Waals surface area contributed by atoms with Crippen molar-refractivity contribution in [2.45, 2.75) is 38.1 Å². The highest BCUT2D eigenvalue weighted by atomic mass is 35.5. The van der Waals surface area contributed by atoms with Gasteiger partial charge in [0.2, 0.25) is 5.91 Å². The Kier molecular flexibility index (Phi) is 5.67. The van der Waals surface area contributed by atoms with Crippen LogP contribution in [-0.2, 0) is 11.3 Å². The maximum atomic E-state index is 12.5. The molecular formula is C23H25ClN2O2. The molecule has 0 bridgehead atoms. The van der Waals surface area contributed by atoms with Crippen molar-refractivity contribution in [3.05, 3.63) is 70.2 Å². The molecule has 1 heterocycles. The minimum atomic E-state index is -0.000137. The topological polar surface area (TPSA) is 49.4 Å². The van der Waals surface area contributed by atoms with Crippen molar-refractivity contribution in [3.8, 4) is 0 Å². The Morgan fingerprint density at radius 1 is 1.00 bits per heavy atom. The Balaban J connectivity index is 1.29. The van der Waals surface area contributed by atoms with E-state index in [0.717, 1.165) is 54.1 Å². The molecule has 2 aromatic carbocycles. The van der Waals surface area contributed by atoms with E-state index >= 15 is 0 Å². The van der Waals surface area contributed by atoms with Crippen molar-refractivity contribution in [1.29, 1.82) is 0 Å². The zero-order valence-corrected chi connectivity index (χ0v) is 16.6. The molecule has 0 aromatic heterocycles. The normalized spacial score (nSPS) is 21.2. The van der Waals surface area contributed by atoms with Crippen LogP contribution in [-0.4, -0.2) is 29.8 Å². The molecule has 1 saturated carbocycles. The number of nitrogens with one attached hydrogen (secondary N) is 1. The van der Waals surface area contributed by atoms with Gasteiger partial charge in [-0.1, -0.05) is 41.9 Å². The van der Waals surface area contributed by atoms with Crippen LogP contribution in [0.1, 0.15) is 53.1 Å². The largest absolute Gasteiger partial charge is 0.352 e. The molecule has 2 amide bonds. The van der Waals surface area contributed by atoms with Crippen LogP contribution in [0.5, 0.6) is 0 Å². The molecule has 0 radical (unpaired) electrons. The first-order valence-corrected chi connectivity index (χ1v) is 10.4. The van der Waals surface area contributed by atoms with Crippen molar-refractivity contribution in [2.24, 2.45) is 5.92 Å². The summed E-state index contributed by atoms with van der Waals surface area (Å²) in [5, 5.41) is 3.75. The molecule has 2 aromatic rings. The molecule has 28 heavy (non-hydrogen) atoms. The lowest BCUT2D eigenvalue weighted by Crippen LogP contribution is -2.35. The second-order valence-electron chi connectivity index (χ2n) is 7.74. The first-order chi connectivity index (χ1) is 13.6. The minimum absolute atomic E-state index is 0.000137. The number of hydrogen-bond donors (Lipinski definition) is 1.